The number of hydrogen-bond donors (Lipinski definition) is 2. The van der Waals surface area contributed by atoms with Crippen molar-refractivity contribution >= 4 is 45.6 Å². The Morgan fingerprint density at radius 2 is 2.15 bits per heavy atom. The number of ether oxygens (including phenoxy) is 2. The number of methoxy groups -OCH3 is 2. The second-order valence-corrected chi connectivity index (χ2v) is 8.24. The SMILES string of the molecule is COC[C@H]1CCN1C/C=C/C(=O)Nc1cc2c(Nc3ccc(F)c(Cl)c3)ncnc2cc1OC. The number of amides is 1. The summed E-state index contributed by atoms with van der Waals surface area (Å²) in [6.45, 7) is 2.36. The maximum Gasteiger partial charge on any atom is 0.248 e. The monoisotopic (exact) mass is 485 g/mol. The van der Waals surface area contributed by atoms with Gasteiger partial charge in [0.25, 0.3) is 0 Å². The molecule has 1 saturated heterocycles. The van der Waals surface area contributed by atoms with Gasteiger partial charge in [0.1, 0.15) is 23.7 Å². The van der Waals surface area contributed by atoms with E-state index in [4.69, 9.17) is 21.1 Å². The Bertz CT molecular complexity index is 1220. The Kier molecular flexibility index (Phi) is 7.56. The molecule has 2 heterocycles. The number of fused-ring (bicyclic) bond motifs is 1. The van der Waals surface area contributed by atoms with E-state index in [2.05, 4.69) is 25.5 Å². The minimum Gasteiger partial charge on any atom is -0.494 e. The van der Waals surface area contributed by atoms with Crippen LogP contribution >= 0.6 is 11.6 Å². The van der Waals surface area contributed by atoms with Gasteiger partial charge in [0.15, 0.2) is 0 Å². The van der Waals surface area contributed by atoms with Crippen LogP contribution in [-0.4, -0.2) is 60.7 Å². The zero-order valence-corrected chi connectivity index (χ0v) is 19.6. The lowest BCUT2D eigenvalue weighted by Gasteiger charge is -2.39. The van der Waals surface area contributed by atoms with Crippen molar-refractivity contribution < 1.29 is 18.7 Å². The van der Waals surface area contributed by atoms with Crippen molar-refractivity contribution in [2.24, 2.45) is 0 Å². The predicted molar refractivity (Wildman–Crippen MR) is 130 cm³/mol. The van der Waals surface area contributed by atoms with Gasteiger partial charge in [-0.25, -0.2) is 14.4 Å². The van der Waals surface area contributed by atoms with Gasteiger partial charge in [-0.1, -0.05) is 17.7 Å². The predicted octanol–water partition coefficient (Wildman–Crippen LogP) is 4.39. The van der Waals surface area contributed by atoms with Crippen molar-refractivity contribution in [1.82, 2.24) is 14.9 Å². The summed E-state index contributed by atoms with van der Waals surface area (Å²) in [7, 11) is 3.21. The Labute approximate surface area is 201 Å². The molecular weight excluding hydrogens is 461 g/mol. The van der Waals surface area contributed by atoms with Crippen molar-refractivity contribution in [3.05, 3.63) is 59.7 Å². The van der Waals surface area contributed by atoms with Crippen LogP contribution in [0, 0.1) is 5.82 Å². The lowest BCUT2D eigenvalue weighted by molar-refractivity contribution is -0.111. The van der Waals surface area contributed by atoms with Crippen LogP contribution in [0.15, 0.2) is 48.8 Å². The molecule has 0 aliphatic carbocycles. The number of nitrogens with one attached hydrogen (secondary N) is 2. The third-order valence-electron chi connectivity index (χ3n) is 5.63. The smallest absolute Gasteiger partial charge is 0.248 e. The van der Waals surface area contributed by atoms with E-state index in [0.717, 1.165) is 13.0 Å². The Morgan fingerprint density at radius 3 is 2.85 bits per heavy atom. The minimum atomic E-state index is -0.508. The molecule has 1 aliphatic heterocycles. The molecule has 34 heavy (non-hydrogen) atoms. The van der Waals surface area contributed by atoms with E-state index in [1.807, 2.05) is 6.08 Å². The zero-order valence-electron chi connectivity index (χ0n) is 18.8. The average molecular weight is 486 g/mol. The highest BCUT2D eigenvalue weighted by atomic mass is 35.5. The quantitative estimate of drug-likeness (QED) is 0.434. The molecule has 1 amide bonds. The van der Waals surface area contributed by atoms with Gasteiger partial charge in [-0.05, 0) is 30.7 Å². The largest absolute Gasteiger partial charge is 0.494 e. The van der Waals surface area contributed by atoms with Crippen LogP contribution in [0.25, 0.3) is 10.9 Å². The minimum absolute atomic E-state index is 0.00321. The highest BCUT2D eigenvalue weighted by Gasteiger charge is 2.26. The molecule has 178 valence electrons. The van der Waals surface area contributed by atoms with Gasteiger partial charge in [0, 0.05) is 49.5 Å². The molecule has 1 fully saturated rings. The number of halogens is 2. The first kappa shape index (κ1) is 23.9. The standard InChI is InChI=1S/C24H25ClFN5O3/c1-33-13-16-7-9-31(16)8-3-4-23(32)30-21-11-17-20(12-22(21)34-2)27-14-28-24(17)29-15-5-6-19(26)18(25)10-15/h3-6,10-12,14,16H,7-9,13H2,1-2H3,(H,30,32)(H,27,28,29)/b4-3+/t16-/m1/s1. The van der Waals surface area contributed by atoms with E-state index in [-0.39, 0.29) is 10.9 Å². The van der Waals surface area contributed by atoms with Gasteiger partial charge in [-0.15, -0.1) is 0 Å². The van der Waals surface area contributed by atoms with Crippen molar-refractivity contribution in [3.8, 4) is 5.75 Å². The van der Waals surface area contributed by atoms with Crippen LogP contribution in [0.1, 0.15) is 6.42 Å². The molecular formula is C24H25ClFN5O3. The van der Waals surface area contributed by atoms with Crippen molar-refractivity contribution in [2.75, 3.05) is 44.5 Å². The topological polar surface area (TPSA) is 88.6 Å². The van der Waals surface area contributed by atoms with E-state index in [1.54, 1.807) is 25.3 Å². The molecule has 0 radical (unpaired) electrons. The molecule has 10 heteroatoms. The molecule has 1 aromatic heterocycles. The number of likely N-dealkylation sites (tertiary alicyclic amines) is 1. The van der Waals surface area contributed by atoms with Gasteiger partial charge in [0.05, 0.1) is 29.9 Å². The summed E-state index contributed by atoms with van der Waals surface area (Å²) in [6, 6.07) is 8.15. The number of carbonyl (C=O) groups excluding carboxylic acids is 1. The van der Waals surface area contributed by atoms with E-state index in [1.165, 1.54) is 31.6 Å². The molecule has 2 N–H and O–H groups in total. The van der Waals surface area contributed by atoms with Gasteiger partial charge in [0.2, 0.25) is 5.91 Å². The van der Waals surface area contributed by atoms with Gasteiger partial charge in [-0.3, -0.25) is 9.69 Å². The molecule has 4 rings (SSSR count). The van der Waals surface area contributed by atoms with Crippen LogP contribution in [-0.2, 0) is 9.53 Å². The fourth-order valence-corrected chi connectivity index (χ4v) is 3.93. The summed E-state index contributed by atoms with van der Waals surface area (Å²) in [5.41, 5.74) is 1.65. The summed E-state index contributed by atoms with van der Waals surface area (Å²) in [5.74, 6) is 0.152. The van der Waals surface area contributed by atoms with E-state index < -0.39 is 5.82 Å². The Morgan fingerprint density at radius 1 is 1.29 bits per heavy atom. The maximum atomic E-state index is 13.5. The second kappa shape index (κ2) is 10.8. The highest BCUT2D eigenvalue weighted by Crippen LogP contribution is 2.33. The molecule has 0 saturated carbocycles. The van der Waals surface area contributed by atoms with Crippen molar-refractivity contribution in [3.63, 3.8) is 0 Å². The Balaban J connectivity index is 1.52. The molecule has 1 aliphatic rings. The molecule has 0 bridgehead atoms. The number of aromatic nitrogens is 2. The van der Waals surface area contributed by atoms with Crippen LogP contribution in [0.4, 0.5) is 21.6 Å². The van der Waals surface area contributed by atoms with Gasteiger partial charge in [-0.2, -0.15) is 0 Å². The summed E-state index contributed by atoms with van der Waals surface area (Å²) < 4.78 is 24.2. The number of anilines is 3. The van der Waals surface area contributed by atoms with Crippen LogP contribution in [0.5, 0.6) is 5.75 Å². The fraction of sp³-hybridized carbons (Fsp3) is 0.292. The first-order valence-corrected chi connectivity index (χ1v) is 11.1. The number of nitrogens with zero attached hydrogens (tertiary/aromatic N) is 3. The second-order valence-electron chi connectivity index (χ2n) is 7.83. The van der Waals surface area contributed by atoms with Crippen molar-refractivity contribution in [1.29, 1.82) is 0 Å². The number of hydrogen-bond acceptors (Lipinski definition) is 7. The molecule has 0 unspecified atom stereocenters. The molecule has 0 spiro atoms. The summed E-state index contributed by atoms with van der Waals surface area (Å²) in [5, 5.41) is 6.62. The van der Waals surface area contributed by atoms with E-state index in [0.29, 0.717) is 53.0 Å². The molecule has 8 nitrogen and oxygen atoms in total. The normalized spacial score (nSPS) is 15.9. The molecule has 3 aromatic rings. The zero-order chi connectivity index (χ0) is 24.1. The van der Waals surface area contributed by atoms with Crippen LogP contribution < -0.4 is 15.4 Å². The van der Waals surface area contributed by atoms with E-state index in [9.17, 15) is 9.18 Å². The summed E-state index contributed by atoms with van der Waals surface area (Å²) in [4.78, 5) is 23.4. The fourth-order valence-electron chi connectivity index (χ4n) is 3.75. The van der Waals surface area contributed by atoms with Gasteiger partial charge < -0.3 is 20.1 Å². The lowest BCUT2D eigenvalue weighted by atomic mass is 10.0. The van der Waals surface area contributed by atoms with Crippen LogP contribution in [0.3, 0.4) is 0 Å². The molecule has 1 atom stereocenters. The number of benzene rings is 2. The van der Waals surface area contributed by atoms with Crippen LogP contribution in [0.2, 0.25) is 5.02 Å². The first-order valence-electron chi connectivity index (χ1n) is 10.7. The van der Waals surface area contributed by atoms with E-state index >= 15 is 0 Å². The third-order valence-corrected chi connectivity index (χ3v) is 5.92. The maximum absolute atomic E-state index is 13.5. The number of rotatable bonds is 9. The first-order chi connectivity index (χ1) is 16.5. The molecule has 2 aromatic carbocycles. The Hall–Kier alpha value is -3.27. The summed E-state index contributed by atoms with van der Waals surface area (Å²) in [6.07, 6.45) is 5.85. The highest BCUT2D eigenvalue weighted by molar-refractivity contribution is 6.31. The number of carbonyl (C=O) groups is 1. The lowest BCUT2D eigenvalue weighted by Crippen LogP contribution is -2.50. The van der Waals surface area contributed by atoms with Gasteiger partial charge >= 0.3 is 0 Å². The average Bonchev–Trinajstić information content (AvgIpc) is 2.81. The third kappa shape index (κ3) is 5.44. The summed E-state index contributed by atoms with van der Waals surface area (Å²) >= 11 is 5.89. The van der Waals surface area contributed by atoms with Crippen molar-refractivity contribution in [2.45, 2.75) is 12.5 Å².